The van der Waals surface area contributed by atoms with Gasteiger partial charge in [0.25, 0.3) is 5.95 Å². The highest BCUT2D eigenvalue weighted by atomic mass is 32.2. The summed E-state index contributed by atoms with van der Waals surface area (Å²) in [6.45, 7) is 1.87. The lowest BCUT2D eigenvalue weighted by molar-refractivity contribution is -0.141. The SMILES string of the molecule is COc1nc(-n2cc(F)cn2)nc(Sc2ccc(C)cc2)c1C(F)(F)F. The summed E-state index contributed by atoms with van der Waals surface area (Å²) in [5.41, 5.74) is -0.125. The van der Waals surface area contributed by atoms with E-state index >= 15 is 0 Å². The van der Waals surface area contributed by atoms with Gasteiger partial charge in [0, 0.05) is 4.90 Å². The van der Waals surface area contributed by atoms with E-state index in [-0.39, 0.29) is 11.0 Å². The number of aromatic nitrogens is 4. The summed E-state index contributed by atoms with van der Waals surface area (Å²) in [5.74, 6) is -1.55. The third-order valence-electron chi connectivity index (χ3n) is 3.30. The number of nitrogens with zero attached hydrogens (tertiary/aromatic N) is 4. The first-order valence-corrected chi connectivity index (χ1v) is 8.08. The standard InChI is InChI=1S/C16H12F4N4OS/c1-9-3-5-11(6-4-9)26-14-12(16(18,19)20)13(25-2)22-15(23-14)24-8-10(17)7-21-24/h3-8H,1-2H3. The molecule has 2 heterocycles. The molecule has 3 rings (SSSR count). The molecule has 0 fully saturated rings. The maximum atomic E-state index is 13.5. The van der Waals surface area contributed by atoms with Gasteiger partial charge in [-0.15, -0.1) is 0 Å². The second kappa shape index (κ2) is 6.94. The summed E-state index contributed by atoms with van der Waals surface area (Å²) in [6.07, 6.45) is -2.87. The molecule has 0 radical (unpaired) electrons. The number of ether oxygens (including phenoxy) is 1. The minimum Gasteiger partial charge on any atom is -0.480 e. The summed E-state index contributed by atoms with van der Waals surface area (Å²) in [4.78, 5) is 8.21. The maximum Gasteiger partial charge on any atom is 0.424 e. The fourth-order valence-electron chi connectivity index (χ4n) is 2.10. The Morgan fingerprint density at radius 2 is 1.81 bits per heavy atom. The van der Waals surface area contributed by atoms with Gasteiger partial charge in [0.15, 0.2) is 11.4 Å². The predicted molar refractivity (Wildman–Crippen MR) is 86.0 cm³/mol. The monoisotopic (exact) mass is 384 g/mol. The number of halogens is 4. The Kier molecular flexibility index (Phi) is 4.86. The molecule has 1 aromatic carbocycles. The average Bonchev–Trinajstić information content (AvgIpc) is 3.01. The van der Waals surface area contributed by atoms with Gasteiger partial charge < -0.3 is 4.74 Å². The first-order chi connectivity index (χ1) is 12.3. The van der Waals surface area contributed by atoms with E-state index in [4.69, 9.17) is 4.74 Å². The number of rotatable bonds is 4. The highest BCUT2D eigenvalue weighted by Gasteiger charge is 2.40. The quantitative estimate of drug-likeness (QED) is 0.496. The van der Waals surface area contributed by atoms with Gasteiger partial charge >= 0.3 is 6.18 Å². The van der Waals surface area contributed by atoms with Crippen molar-refractivity contribution >= 4 is 11.8 Å². The summed E-state index contributed by atoms with van der Waals surface area (Å²) in [6, 6.07) is 6.92. The van der Waals surface area contributed by atoms with E-state index in [0.29, 0.717) is 4.90 Å². The van der Waals surface area contributed by atoms with Crippen molar-refractivity contribution < 1.29 is 22.3 Å². The van der Waals surface area contributed by atoms with Crippen molar-refractivity contribution in [2.24, 2.45) is 0 Å². The Morgan fingerprint density at radius 1 is 1.12 bits per heavy atom. The lowest BCUT2D eigenvalue weighted by atomic mass is 10.2. The van der Waals surface area contributed by atoms with E-state index in [1.807, 2.05) is 6.92 Å². The van der Waals surface area contributed by atoms with Crippen LogP contribution in [0.15, 0.2) is 46.6 Å². The molecule has 0 spiro atoms. The summed E-state index contributed by atoms with van der Waals surface area (Å²) < 4.78 is 59.6. The third-order valence-corrected chi connectivity index (χ3v) is 4.30. The van der Waals surface area contributed by atoms with Crippen LogP contribution >= 0.6 is 11.8 Å². The molecule has 0 saturated carbocycles. The maximum absolute atomic E-state index is 13.5. The molecule has 5 nitrogen and oxygen atoms in total. The van der Waals surface area contributed by atoms with Gasteiger partial charge in [-0.2, -0.15) is 23.3 Å². The van der Waals surface area contributed by atoms with Gasteiger partial charge in [-0.25, -0.2) is 14.1 Å². The van der Waals surface area contributed by atoms with E-state index in [0.717, 1.165) is 41.5 Å². The molecule has 0 aliphatic carbocycles. The number of aryl methyl sites for hydroxylation is 1. The number of benzene rings is 1. The van der Waals surface area contributed by atoms with Crippen molar-refractivity contribution in [3.8, 4) is 11.8 Å². The second-order valence-electron chi connectivity index (χ2n) is 5.23. The van der Waals surface area contributed by atoms with Gasteiger partial charge in [0.1, 0.15) is 5.03 Å². The summed E-state index contributed by atoms with van der Waals surface area (Å²) >= 11 is 0.809. The van der Waals surface area contributed by atoms with Crippen LogP contribution in [-0.2, 0) is 6.18 Å². The highest BCUT2D eigenvalue weighted by Crippen LogP contribution is 2.43. The number of hydrogen-bond donors (Lipinski definition) is 0. The smallest absolute Gasteiger partial charge is 0.424 e. The predicted octanol–water partition coefficient (Wildman–Crippen LogP) is 4.29. The van der Waals surface area contributed by atoms with Crippen LogP contribution in [0.5, 0.6) is 5.88 Å². The van der Waals surface area contributed by atoms with E-state index in [1.165, 1.54) is 0 Å². The zero-order valence-electron chi connectivity index (χ0n) is 13.6. The number of hydrogen-bond acceptors (Lipinski definition) is 5. The van der Waals surface area contributed by atoms with Crippen molar-refractivity contribution in [1.82, 2.24) is 19.7 Å². The fourth-order valence-corrected chi connectivity index (χ4v) is 3.03. The minimum absolute atomic E-state index is 0.228. The van der Waals surface area contributed by atoms with Gasteiger partial charge in [-0.05, 0) is 19.1 Å². The van der Waals surface area contributed by atoms with Crippen molar-refractivity contribution in [1.29, 1.82) is 0 Å². The fraction of sp³-hybridized carbons (Fsp3) is 0.188. The summed E-state index contributed by atoms with van der Waals surface area (Å²) in [5, 5.41) is 3.32. The van der Waals surface area contributed by atoms with Gasteiger partial charge in [0.05, 0.1) is 19.5 Å². The molecule has 0 aliphatic rings. The molecule has 0 amide bonds. The Hall–Kier alpha value is -2.62. The van der Waals surface area contributed by atoms with Crippen LogP contribution in [0.3, 0.4) is 0 Å². The van der Waals surface area contributed by atoms with Crippen LogP contribution in [0, 0.1) is 12.7 Å². The Bertz CT molecular complexity index is 925. The molecule has 10 heteroatoms. The molecule has 3 aromatic rings. The average molecular weight is 384 g/mol. The molecule has 2 aromatic heterocycles. The van der Waals surface area contributed by atoms with Crippen molar-refractivity contribution in [3.63, 3.8) is 0 Å². The Morgan fingerprint density at radius 3 is 2.35 bits per heavy atom. The van der Waals surface area contributed by atoms with Crippen molar-refractivity contribution in [2.75, 3.05) is 7.11 Å². The molecule has 0 aliphatic heterocycles. The molecule has 0 atom stereocenters. The lowest BCUT2D eigenvalue weighted by Crippen LogP contribution is -2.15. The van der Waals surface area contributed by atoms with Crippen LogP contribution in [0.2, 0.25) is 0 Å². The van der Waals surface area contributed by atoms with E-state index in [1.54, 1.807) is 24.3 Å². The highest BCUT2D eigenvalue weighted by molar-refractivity contribution is 7.99. The first kappa shape index (κ1) is 18.2. The van der Waals surface area contributed by atoms with E-state index in [2.05, 4.69) is 15.1 Å². The first-order valence-electron chi connectivity index (χ1n) is 7.26. The van der Waals surface area contributed by atoms with Crippen LogP contribution in [-0.4, -0.2) is 26.9 Å². The second-order valence-corrected chi connectivity index (χ2v) is 6.29. The molecule has 0 bridgehead atoms. The van der Waals surface area contributed by atoms with Gasteiger partial charge in [0.2, 0.25) is 5.88 Å². The molecule has 136 valence electrons. The van der Waals surface area contributed by atoms with Gasteiger partial charge in [-0.3, -0.25) is 0 Å². The summed E-state index contributed by atoms with van der Waals surface area (Å²) in [7, 11) is 1.07. The zero-order chi connectivity index (χ0) is 18.9. The number of methoxy groups -OCH3 is 1. The van der Waals surface area contributed by atoms with Crippen molar-refractivity contribution in [3.05, 3.63) is 53.6 Å². The molecule has 0 unspecified atom stereocenters. The minimum atomic E-state index is -4.73. The van der Waals surface area contributed by atoms with Crippen LogP contribution < -0.4 is 4.74 Å². The van der Waals surface area contributed by atoms with Crippen LogP contribution in [0.1, 0.15) is 11.1 Å². The largest absolute Gasteiger partial charge is 0.480 e. The van der Waals surface area contributed by atoms with E-state index < -0.39 is 23.4 Å². The molecule has 0 saturated heterocycles. The lowest BCUT2D eigenvalue weighted by Gasteiger charge is -2.16. The van der Waals surface area contributed by atoms with Crippen LogP contribution in [0.4, 0.5) is 17.6 Å². The molecule has 0 N–H and O–H groups in total. The van der Waals surface area contributed by atoms with Crippen molar-refractivity contribution in [2.45, 2.75) is 23.0 Å². The van der Waals surface area contributed by atoms with Gasteiger partial charge in [-0.1, -0.05) is 29.5 Å². The normalized spacial score (nSPS) is 11.6. The Labute approximate surface area is 150 Å². The topological polar surface area (TPSA) is 52.8 Å². The van der Waals surface area contributed by atoms with Crippen LogP contribution in [0.25, 0.3) is 5.95 Å². The Balaban J connectivity index is 2.15. The molecular weight excluding hydrogens is 372 g/mol. The molecule has 26 heavy (non-hydrogen) atoms. The molecular formula is C16H12F4N4OS. The third kappa shape index (κ3) is 3.79. The zero-order valence-corrected chi connectivity index (χ0v) is 14.4. The number of alkyl halides is 3. The van der Waals surface area contributed by atoms with E-state index in [9.17, 15) is 17.6 Å².